The highest BCUT2D eigenvalue weighted by atomic mass is 32.1. The van der Waals surface area contributed by atoms with Gasteiger partial charge in [-0.15, -0.1) is 0 Å². The maximum Gasteiger partial charge on any atom is 0.186 e. The van der Waals surface area contributed by atoms with E-state index in [4.69, 9.17) is 4.98 Å². The molecule has 1 aromatic heterocycles. The molecule has 100 valence electrons. The van der Waals surface area contributed by atoms with Crippen molar-refractivity contribution in [2.45, 2.75) is 25.4 Å². The van der Waals surface area contributed by atoms with Gasteiger partial charge in [0, 0.05) is 30.1 Å². The fourth-order valence-corrected chi connectivity index (χ4v) is 3.34. The van der Waals surface area contributed by atoms with Crippen LogP contribution in [-0.2, 0) is 6.54 Å². The third kappa shape index (κ3) is 2.65. The second-order valence-electron chi connectivity index (χ2n) is 5.01. The third-order valence-corrected chi connectivity index (χ3v) is 4.61. The van der Waals surface area contributed by atoms with E-state index in [-0.39, 0.29) is 0 Å². The van der Waals surface area contributed by atoms with Crippen molar-refractivity contribution in [3.63, 3.8) is 0 Å². The van der Waals surface area contributed by atoms with Crippen LogP contribution in [0.4, 0.5) is 5.13 Å². The molecule has 0 atom stereocenters. The van der Waals surface area contributed by atoms with Crippen LogP contribution in [0, 0.1) is 0 Å². The summed E-state index contributed by atoms with van der Waals surface area (Å²) >= 11 is 1.81. The van der Waals surface area contributed by atoms with Crippen LogP contribution in [0.5, 0.6) is 0 Å². The molecule has 0 radical (unpaired) electrons. The molecule has 19 heavy (non-hydrogen) atoms. The first-order valence-corrected chi connectivity index (χ1v) is 7.54. The van der Waals surface area contributed by atoms with E-state index in [0.29, 0.717) is 6.04 Å². The average molecular weight is 273 g/mol. The minimum absolute atomic E-state index is 0.706. The Morgan fingerprint density at radius 1 is 1.32 bits per heavy atom. The van der Waals surface area contributed by atoms with Gasteiger partial charge in [0.05, 0.1) is 5.69 Å². The molecule has 2 aromatic rings. The van der Waals surface area contributed by atoms with Crippen LogP contribution < -0.4 is 10.2 Å². The molecule has 0 bridgehead atoms. The van der Waals surface area contributed by atoms with Crippen molar-refractivity contribution in [1.82, 2.24) is 10.3 Å². The molecule has 0 amide bonds. The van der Waals surface area contributed by atoms with Gasteiger partial charge in [0.15, 0.2) is 5.13 Å². The highest BCUT2D eigenvalue weighted by Crippen LogP contribution is 2.37. The Labute approximate surface area is 118 Å². The molecule has 1 aromatic carbocycles. The summed E-state index contributed by atoms with van der Waals surface area (Å²) in [6.45, 7) is 0.875. The van der Waals surface area contributed by atoms with Crippen LogP contribution in [-0.4, -0.2) is 25.1 Å². The number of hydrogen-bond acceptors (Lipinski definition) is 4. The predicted octanol–water partition coefficient (Wildman–Crippen LogP) is 3.13. The van der Waals surface area contributed by atoms with E-state index in [1.165, 1.54) is 23.3 Å². The van der Waals surface area contributed by atoms with Crippen molar-refractivity contribution in [2.75, 3.05) is 19.0 Å². The summed E-state index contributed by atoms with van der Waals surface area (Å²) in [5, 5.41) is 4.39. The van der Waals surface area contributed by atoms with Crippen LogP contribution in [0.25, 0.3) is 11.3 Å². The molecule has 4 heteroatoms. The standard InChI is InChI=1S/C15H19N3S/c1-16-10-13-14(11-6-4-3-5-7-11)17-15(19-13)18(2)12-8-9-12/h3-7,12,16H,8-10H2,1-2H3. The van der Waals surface area contributed by atoms with Gasteiger partial charge >= 0.3 is 0 Å². The quantitative estimate of drug-likeness (QED) is 0.907. The fraction of sp³-hybridized carbons (Fsp3) is 0.400. The van der Waals surface area contributed by atoms with Crippen molar-refractivity contribution in [3.8, 4) is 11.3 Å². The number of rotatable bonds is 5. The molecule has 3 rings (SSSR count). The van der Waals surface area contributed by atoms with E-state index in [1.54, 1.807) is 0 Å². The van der Waals surface area contributed by atoms with Crippen molar-refractivity contribution in [2.24, 2.45) is 0 Å². The molecule has 1 saturated carbocycles. The Kier molecular flexibility index (Phi) is 3.53. The van der Waals surface area contributed by atoms with Crippen molar-refractivity contribution in [3.05, 3.63) is 35.2 Å². The lowest BCUT2D eigenvalue weighted by atomic mass is 10.1. The summed E-state index contributed by atoms with van der Waals surface area (Å²) in [6.07, 6.45) is 2.61. The summed E-state index contributed by atoms with van der Waals surface area (Å²) in [5.41, 5.74) is 2.34. The lowest BCUT2D eigenvalue weighted by molar-refractivity contribution is 0.830. The Hall–Kier alpha value is -1.39. The Morgan fingerprint density at radius 2 is 2.05 bits per heavy atom. The highest BCUT2D eigenvalue weighted by molar-refractivity contribution is 7.16. The molecule has 1 aliphatic carbocycles. The largest absolute Gasteiger partial charge is 0.348 e. The second-order valence-corrected chi connectivity index (χ2v) is 6.07. The molecule has 0 spiro atoms. The molecular formula is C15H19N3S. The normalized spacial score (nSPS) is 14.6. The smallest absolute Gasteiger partial charge is 0.186 e. The van der Waals surface area contributed by atoms with Gasteiger partial charge in [0.25, 0.3) is 0 Å². The second kappa shape index (κ2) is 5.31. The van der Waals surface area contributed by atoms with Crippen molar-refractivity contribution in [1.29, 1.82) is 0 Å². The molecule has 1 heterocycles. The summed E-state index contributed by atoms with van der Waals surface area (Å²) < 4.78 is 0. The van der Waals surface area contributed by atoms with Gasteiger partial charge in [-0.05, 0) is 19.9 Å². The van der Waals surface area contributed by atoms with E-state index in [2.05, 4.69) is 41.5 Å². The highest BCUT2D eigenvalue weighted by Gasteiger charge is 2.29. The van der Waals surface area contributed by atoms with E-state index in [9.17, 15) is 0 Å². The zero-order valence-corrected chi connectivity index (χ0v) is 12.2. The number of thiazole rings is 1. The number of anilines is 1. The predicted molar refractivity (Wildman–Crippen MR) is 81.7 cm³/mol. The van der Waals surface area contributed by atoms with Crippen LogP contribution in [0.2, 0.25) is 0 Å². The number of nitrogens with zero attached hydrogens (tertiary/aromatic N) is 2. The van der Waals surface area contributed by atoms with Gasteiger partial charge < -0.3 is 10.2 Å². The first-order chi connectivity index (χ1) is 9.29. The minimum atomic E-state index is 0.706. The summed E-state index contributed by atoms with van der Waals surface area (Å²) in [5.74, 6) is 0. The number of benzene rings is 1. The zero-order chi connectivity index (χ0) is 13.2. The number of nitrogens with one attached hydrogen (secondary N) is 1. The molecule has 0 aliphatic heterocycles. The van der Waals surface area contributed by atoms with Gasteiger partial charge in [0.2, 0.25) is 0 Å². The first kappa shape index (κ1) is 12.6. The van der Waals surface area contributed by atoms with Gasteiger partial charge in [-0.3, -0.25) is 0 Å². The lowest BCUT2D eigenvalue weighted by Gasteiger charge is -2.13. The molecule has 0 saturated heterocycles. The van der Waals surface area contributed by atoms with Crippen LogP contribution >= 0.6 is 11.3 Å². The summed E-state index contributed by atoms with van der Waals surface area (Å²) in [4.78, 5) is 8.51. The average Bonchev–Trinajstić information content (AvgIpc) is 3.21. The Bertz CT molecular complexity index is 546. The van der Waals surface area contributed by atoms with Gasteiger partial charge in [-0.2, -0.15) is 0 Å². The fourth-order valence-electron chi connectivity index (χ4n) is 2.21. The third-order valence-electron chi connectivity index (χ3n) is 3.47. The Morgan fingerprint density at radius 3 is 2.68 bits per heavy atom. The minimum Gasteiger partial charge on any atom is -0.348 e. The number of aromatic nitrogens is 1. The topological polar surface area (TPSA) is 28.2 Å². The maximum atomic E-state index is 4.86. The lowest BCUT2D eigenvalue weighted by Crippen LogP contribution is -2.18. The number of hydrogen-bond donors (Lipinski definition) is 1. The monoisotopic (exact) mass is 273 g/mol. The maximum absolute atomic E-state index is 4.86. The van der Waals surface area contributed by atoms with Gasteiger partial charge in [0.1, 0.15) is 0 Å². The van der Waals surface area contributed by atoms with E-state index < -0.39 is 0 Å². The van der Waals surface area contributed by atoms with Crippen LogP contribution in [0.15, 0.2) is 30.3 Å². The van der Waals surface area contributed by atoms with E-state index in [0.717, 1.165) is 17.4 Å². The van der Waals surface area contributed by atoms with Gasteiger partial charge in [-0.25, -0.2) is 4.98 Å². The summed E-state index contributed by atoms with van der Waals surface area (Å²) in [7, 11) is 4.15. The van der Waals surface area contributed by atoms with Crippen molar-refractivity contribution < 1.29 is 0 Å². The summed E-state index contributed by atoms with van der Waals surface area (Å²) in [6, 6.07) is 11.2. The molecule has 0 unspecified atom stereocenters. The molecule has 1 aliphatic rings. The molecule has 1 N–H and O–H groups in total. The van der Waals surface area contributed by atoms with E-state index in [1.807, 2.05) is 24.5 Å². The Balaban J connectivity index is 1.97. The van der Waals surface area contributed by atoms with Crippen LogP contribution in [0.1, 0.15) is 17.7 Å². The van der Waals surface area contributed by atoms with Crippen LogP contribution in [0.3, 0.4) is 0 Å². The SMILES string of the molecule is CNCc1sc(N(C)C2CC2)nc1-c1ccccc1. The van der Waals surface area contributed by atoms with Crippen molar-refractivity contribution >= 4 is 16.5 Å². The molecule has 3 nitrogen and oxygen atoms in total. The first-order valence-electron chi connectivity index (χ1n) is 6.72. The molecule has 1 fully saturated rings. The molecular weight excluding hydrogens is 254 g/mol. The van der Waals surface area contributed by atoms with Gasteiger partial charge in [-0.1, -0.05) is 41.7 Å². The van der Waals surface area contributed by atoms with E-state index >= 15 is 0 Å². The zero-order valence-electron chi connectivity index (χ0n) is 11.4.